The van der Waals surface area contributed by atoms with Crippen LogP contribution in [-0.4, -0.2) is 17.0 Å². The van der Waals surface area contributed by atoms with Gasteiger partial charge in [0.2, 0.25) is 0 Å². The van der Waals surface area contributed by atoms with Gasteiger partial charge in [-0.3, -0.25) is 0 Å². The van der Waals surface area contributed by atoms with E-state index in [1.54, 1.807) is 0 Å². The van der Waals surface area contributed by atoms with Gasteiger partial charge in [-0.1, -0.05) is 0 Å². The molecule has 1 heterocycles. The van der Waals surface area contributed by atoms with Gasteiger partial charge in [0.15, 0.2) is 0 Å². The molecule has 0 spiro atoms. The lowest BCUT2D eigenvalue weighted by molar-refractivity contribution is 0.895. The van der Waals surface area contributed by atoms with E-state index in [1.807, 2.05) is 38.2 Å². The molecule has 0 radical (unpaired) electrons. The van der Waals surface area contributed by atoms with Crippen LogP contribution < -0.4 is 10.6 Å². The minimum atomic E-state index is 0.779. The van der Waals surface area contributed by atoms with Gasteiger partial charge in [-0.25, -0.2) is 9.97 Å². The third-order valence-electron chi connectivity index (χ3n) is 3.62. The minimum Gasteiger partial charge on any atom is -0.399 e. The van der Waals surface area contributed by atoms with E-state index in [0.717, 1.165) is 35.9 Å². The molecule has 19 heavy (non-hydrogen) atoms. The van der Waals surface area contributed by atoms with E-state index < -0.39 is 0 Å². The maximum atomic E-state index is 5.74. The number of hydrogen-bond donors (Lipinski definition) is 1. The van der Waals surface area contributed by atoms with Crippen molar-refractivity contribution < 1.29 is 0 Å². The number of nitrogens with two attached hydrogens (primary N) is 1. The molecule has 98 valence electrons. The number of aromatic nitrogens is 2. The molecule has 2 N–H and O–H groups in total. The van der Waals surface area contributed by atoms with Gasteiger partial charge < -0.3 is 10.6 Å². The van der Waals surface area contributed by atoms with Gasteiger partial charge in [-0.15, -0.1) is 0 Å². The van der Waals surface area contributed by atoms with Crippen LogP contribution in [0.15, 0.2) is 24.3 Å². The van der Waals surface area contributed by atoms with Crippen LogP contribution in [0.1, 0.15) is 23.5 Å². The lowest BCUT2D eigenvalue weighted by Crippen LogP contribution is -2.15. The minimum absolute atomic E-state index is 0.779. The molecule has 4 nitrogen and oxygen atoms in total. The number of rotatable bonds is 2. The first-order valence-corrected chi connectivity index (χ1v) is 6.61. The zero-order valence-electron chi connectivity index (χ0n) is 11.3. The molecule has 0 saturated carbocycles. The molecule has 3 rings (SSSR count). The van der Waals surface area contributed by atoms with Gasteiger partial charge in [0.25, 0.3) is 0 Å². The lowest BCUT2D eigenvalue weighted by Gasteiger charge is -2.21. The van der Waals surface area contributed by atoms with Crippen molar-refractivity contribution in [3.63, 3.8) is 0 Å². The molecule has 1 aromatic heterocycles. The zero-order chi connectivity index (χ0) is 13.4. The van der Waals surface area contributed by atoms with Gasteiger partial charge >= 0.3 is 0 Å². The smallest absolute Gasteiger partial charge is 0.139 e. The third kappa shape index (κ3) is 2.14. The summed E-state index contributed by atoms with van der Waals surface area (Å²) < 4.78 is 0. The number of benzene rings is 1. The SMILES string of the molecule is Cc1nc2c(c(N(C)c3ccc(N)cc3)n1)CCC2. The first-order valence-electron chi connectivity index (χ1n) is 6.61. The van der Waals surface area contributed by atoms with Crippen LogP contribution in [0.3, 0.4) is 0 Å². The first kappa shape index (κ1) is 12.0. The Kier molecular flexibility index (Phi) is 2.85. The highest BCUT2D eigenvalue weighted by Crippen LogP contribution is 2.32. The molecule has 1 aliphatic carbocycles. The molecular weight excluding hydrogens is 236 g/mol. The number of nitrogens with zero attached hydrogens (tertiary/aromatic N) is 3. The molecule has 0 amide bonds. The van der Waals surface area contributed by atoms with Gasteiger partial charge in [-0.05, 0) is 50.5 Å². The van der Waals surface area contributed by atoms with Crippen molar-refractivity contribution in [2.24, 2.45) is 0 Å². The Labute approximate surface area is 113 Å². The number of anilines is 3. The van der Waals surface area contributed by atoms with Crippen LogP contribution >= 0.6 is 0 Å². The highest BCUT2D eigenvalue weighted by Gasteiger charge is 2.21. The van der Waals surface area contributed by atoms with E-state index in [4.69, 9.17) is 5.73 Å². The summed E-state index contributed by atoms with van der Waals surface area (Å²) in [5.74, 6) is 1.88. The average Bonchev–Trinajstić information content (AvgIpc) is 2.85. The number of fused-ring (bicyclic) bond motifs is 1. The van der Waals surface area contributed by atoms with Gasteiger partial charge in [0.1, 0.15) is 11.6 Å². The van der Waals surface area contributed by atoms with Crippen molar-refractivity contribution in [3.8, 4) is 0 Å². The fraction of sp³-hybridized carbons (Fsp3) is 0.333. The molecule has 0 bridgehead atoms. The largest absolute Gasteiger partial charge is 0.399 e. The summed E-state index contributed by atoms with van der Waals surface area (Å²) in [6.45, 7) is 1.96. The molecule has 0 saturated heterocycles. The van der Waals surface area contributed by atoms with Gasteiger partial charge in [-0.2, -0.15) is 0 Å². The average molecular weight is 254 g/mol. The topological polar surface area (TPSA) is 55.0 Å². The first-order chi connectivity index (χ1) is 9.15. The summed E-state index contributed by atoms with van der Waals surface area (Å²) in [5.41, 5.74) is 10.1. The summed E-state index contributed by atoms with van der Waals surface area (Å²) in [4.78, 5) is 11.3. The Hall–Kier alpha value is -2.10. The lowest BCUT2D eigenvalue weighted by atomic mass is 10.2. The summed E-state index contributed by atoms with van der Waals surface area (Å²) in [5, 5.41) is 0. The summed E-state index contributed by atoms with van der Waals surface area (Å²) in [6.07, 6.45) is 3.32. The molecular formula is C15H18N4. The van der Waals surface area contributed by atoms with E-state index in [0.29, 0.717) is 0 Å². The summed E-state index contributed by atoms with van der Waals surface area (Å²) >= 11 is 0. The van der Waals surface area contributed by atoms with Crippen LogP contribution in [0.4, 0.5) is 17.2 Å². The summed E-state index contributed by atoms with van der Waals surface area (Å²) in [6, 6.07) is 7.88. The van der Waals surface area contributed by atoms with Crippen LogP contribution in [0.2, 0.25) is 0 Å². The normalized spacial score (nSPS) is 13.4. The van der Waals surface area contributed by atoms with Crippen molar-refractivity contribution in [2.75, 3.05) is 17.7 Å². The number of aryl methyl sites for hydroxylation is 2. The number of hydrogen-bond acceptors (Lipinski definition) is 4. The van der Waals surface area contributed by atoms with Crippen LogP contribution in [0.25, 0.3) is 0 Å². The fourth-order valence-corrected chi connectivity index (χ4v) is 2.63. The standard InChI is InChI=1S/C15H18N4/c1-10-17-14-5-3-4-13(14)15(18-10)19(2)12-8-6-11(16)7-9-12/h6-9H,3-5,16H2,1-2H3. The van der Waals surface area contributed by atoms with Crippen molar-refractivity contribution in [1.29, 1.82) is 0 Å². The second kappa shape index (κ2) is 4.53. The molecule has 4 heteroatoms. The van der Waals surface area contributed by atoms with E-state index in [1.165, 1.54) is 17.7 Å². The Bertz CT molecular complexity index is 604. The zero-order valence-corrected chi connectivity index (χ0v) is 11.3. The molecule has 0 fully saturated rings. The predicted octanol–water partition coefficient (Wildman–Crippen LogP) is 2.62. The molecule has 0 atom stereocenters. The van der Waals surface area contributed by atoms with Crippen LogP contribution in [0.5, 0.6) is 0 Å². The predicted molar refractivity (Wildman–Crippen MR) is 77.7 cm³/mol. The maximum absolute atomic E-state index is 5.74. The Balaban J connectivity index is 2.04. The molecule has 1 aliphatic rings. The van der Waals surface area contributed by atoms with Gasteiger partial charge in [0, 0.05) is 29.7 Å². The van der Waals surface area contributed by atoms with Crippen LogP contribution in [0, 0.1) is 6.92 Å². The Morgan fingerprint density at radius 2 is 1.84 bits per heavy atom. The monoisotopic (exact) mass is 254 g/mol. The summed E-state index contributed by atoms with van der Waals surface area (Å²) in [7, 11) is 2.05. The second-order valence-electron chi connectivity index (χ2n) is 5.02. The van der Waals surface area contributed by atoms with Crippen molar-refractivity contribution >= 4 is 17.2 Å². The maximum Gasteiger partial charge on any atom is 0.139 e. The van der Waals surface area contributed by atoms with E-state index >= 15 is 0 Å². The van der Waals surface area contributed by atoms with E-state index in [2.05, 4.69) is 14.9 Å². The highest BCUT2D eigenvalue weighted by atomic mass is 15.2. The quantitative estimate of drug-likeness (QED) is 0.837. The second-order valence-corrected chi connectivity index (χ2v) is 5.02. The Morgan fingerprint density at radius 1 is 1.11 bits per heavy atom. The Morgan fingerprint density at radius 3 is 2.58 bits per heavy atom. The third-order valence-corrected chi connectivity index (χ3v) is 3.62. The number of nitrogen functional groups attached to an aromatic ring is 1. The van der Waals surface area contributed by atoms with Crippen molar-refractivity contribution in [1.82, 2.24) is 9.97 Å². The highest BCUT2D eigenvalue weighted by molar-refractivity contribution is 5.65. The molecule has 1 aromatic carbocycles. The van der Waals surface area contributed by atoms with Crippen LogP contribution in [-0.2, 0) is 12.8 Å². The fourth-order valence-electron chi connectivity index (χ4n) is 2.63. The molecule has 0 aliphatic heterocycles. The van der Waals surface area contributed by atoms with Crippen molar-refractivity contribution in [3.05, 3.63) is 41.3 Å². The molecule has 0 unspecified atom stereocenters. The van der Waals surface area contributed by atoms with Crippen molar-refractivity contribution in [2.45, 2.75) is 26.2 Å². The van der Waals surface area contributed by atoms with E-state index in [9.17, 15) is 0 Å². The molecule has 2 aromatic rings. The van der Waals surface area contributed by atoms with Gasteiger partial charge in [0.05, 0.1) is 0 Å². The van der Waals surface area contributed by atoms with E-state index in [-0.39, 0.29) is 0 Å².